The van der Waals surface area contributed by atoms with Crippen molar-refractivity contribution in [2.24, 2.45) is 0 Å². The standard InChI is InChI=1S/C29H34FN3O4S/c1-5-18-31-29(35)23(4)32(19-24-14-10-21(2)11-15-24)28(34)20-33(27-9-7-6-8-26(27)30)38(36,37)25-16-12-22(3)13-17-25/h6-17,23H,5,18-20H2,1-4H3,(H,31,35)/t23-/m0/s1. The summed E-state index contributed by atoms with van der Waals surface area (Å²) in [5.74, 6) is -1.77. The van der Waals surface area contributed by atoms with Crippen LogP contribution in [0.1, 0.15) is 37.0 Å². The third-order valence-electron chi connectivity index (χ3n) is 6.20. The normalized spacial score (nSPS) is 12.0. The minimum Gasteiger partial charge on any atom is -0.354 e. The fourth-order valence-electron chi connectivity index (χ4n) is 3.87. The van der Waals surface area contributed by atoms with Crippen LogP contribution in [0.5, 0.6) is 0 Å². The highest BCUT2D eigenvalue weighted by atomic mass is 32.2. The predicted octanol–water partition coefficient (Wildman–Crippen LogP) is 4.58. The summed E-state index contributed by atoms with van der Waals surface area (Å²) in [4.78, 5) is 27.9. The summed E-state index contributed by atoms with van der Waals surface area (Å²) in [5, 5.41) is 2.79. The molecule has 0 aliphatic heterocycles. The first-order chi connectivity index (χ1) is 18.0. The molecule has 38 heavy (non-hydrogen) atoms. The van der Waals surface area contributed by atoms with Gasteiger partial charge in [-0.3, -0.25) is 13.9 Å². The summed E-state index contributed by atoms with van der Waals surface area (Å²) in [6, 6.07) is 18.1. The van der Waals surface area contributed by atoms with Crippen LogP contribution < -0.4 is 9.62 Å². The van der Waals surface area contributed by atoms with Crippen molar-refractivity contribution >= 4 is 27.5 Å². The van der Waals surface area contributed by atoms with E-state index in [2.05, 4.69) is 5.32 Å². The highest BCUT2D eigenvalue weighted by Gasteiger charge is 2.33. The molecule has 3 rings (SSSR count). The van der Waals surface area contributed by atoms with Gasteiger partial charge in [-0.15, -0.1) is 0 Å². The van der Waals surface area contributed by atoms with Gasteiger partial charge < -0.3 is 10.2 Å². The van der Waals surface area contributed by atoms with Crippen LogP contribution in [-0.4, -0.2) is 44.3 Å². The minimum atomic E-state index is -4.32. The third-order valence-corrected chi connectivity index (χ3v) is 7.97. The van der Waals surface area contributed by atoms with Gasteiger partial charge in [0.1, 0.15) is 18.4 Å². The Kier molecular flexibility index (Phi) is 9.63. The van der Waals surface area contributed by atoms with E-state index in [0.29, 0.717) is 6.54 Å². The molecule has 9 heteroatoms. The number of benzene rings is 3. The Morgan fingerprint density at radius 1 is 0.921 bits per heavy atom. The van der Waals surface area contributed by atoms with E-state index in [1.807, 2.05) is 45.0 Å². The largest absolute Gasteiger partial charge is 0.354 e. The van der Waals surface area contributed by atoms with E-state index >= 15 is 0 Å². The molecule has 3 aromatic carbocycles. The van der Waals surface area contributed by atoms with Crippen LogP contribution in [0.25, 0.3) is 0 Å². The van der Waals surface area contributed by atoms with Gasteiger partial charge in [-0.25, -0.2) is 12.8 Å². The molecule has 0 bridgehead atoms. The molecule has 0 fully saturated rings. The minimum absolute atomic E-state index is 0.0713. The number of nitrogens with one attached hydrogen (secondary N) is 1. The quantitative estimate of drug-likeness (QED) is 0.387. The van der Waals surface area contributed by atoms with Crippen molar-refractivity contribution in [2.45, 2.75) is 51.6 Å². The van der Waals surface area contributed by atoms with E-state index in [0.717, 1.165) is 33.5 Å². The second kappa shape index (κ2) is 12.7. The van der Waals surface area contributed by atoms with Crippen molar-refractivity contribution < 1.29 is 22.4 Å². The number of nitrogens with zero attached hydrogens (tertiary/aromatic N) is 2. The van der Waals surface area contributed by atoms with E-state index < -0.39 is 34.3 Å². The van der Waals surface area contributed by atoms with Crippen molar-refractivity contribution in [3.8, 4) is 0 Å². The molecular weight excluding hydrogens is 505 g/mol. The molecule has 0 aromatic heterocycles. The first kappa shape index (κ1) is 28.8. The number of halogens is 1. The van der Waals surface area contributed by atoms with Crippen LogP contribution >= 0.6 is 0 Å². The lowest BCUT2D eigenvalue weighted by Crippen LogP contribution is -2.51. The van der Waals surface area contributed by atoms with Gasteiger partial charge in [0.25, 0.3) is 10.0 Å². The van der Waals surface area contributed by atoms with E-state index in [-0.39, 0.29) is 23.0 Å². The van der Waals surface area contributed by atoms with Crippen molar-refractivity contribution in [1.29, 1.82) is 0 Å². The van der Waals surface area contributed by atoms with Crippen LogP contribution in [0.15, 0.2) is 77.7 Å². The lowest BCUT2D eigenvalue weighted by Gasteiger charge is -2.32. The molecule has 202 valence electrons. The average Bonchev–Trinajstić information content (AvgIpc) is 2.90. The zero-order chi connectivity index (χ0) is 27.9. The van der Waals surface area contributed by atoms with Crippen LogP contribution in [0, 0.1) is 19.7 Å². The number of para-hydroxylation sites is 1. The Balaban J connectivity index is 2.02. The number of sulfonamides is 1. The molecule has 0 heterocycles. The summed E-state index contributed by atoms with van der Waals surface area (Å²) in [7, 11) is -4.32. The fraction of sp³-hybridized carbons (Fsp3) is 0.310. The molecule has 0 spiro atoms. The summed E-state index contributed by atoms with van der Waals surface area (Å²) in [6.45, 7) is 7.11. The molecule has 3 aromatic rings. The molecule has 0 aliphatic carbocycles. The van der Waals surface area contributed by atoms with Crippen molar-refractivity contribution in [1.82, 2.24) is 10.2 Å². The molecule has 7 nitrogen and oxygen atoms in total. The first-order valence-electron chi connectivity index (χ1n) is 12.5. The topological polar surface area (TPSA) is 86.8 Å². The van der Waals surface area contributed by atoms with Crippen LogP contribution in [0.3, 0.4) is 0 Å². The van der Waals surface area contributed by atoms with Gasteiger partial charge in [0.05, 0.1) is 10.6 Å². The lowest BCUT2D eigenvalue weighted by atomic mass is 10.1. The molecular formula is C29H34FN3O4S. The summed E-state index contributed by atoms with van der Waals surface area (Å²) in [5.41, 5.74) is 2.42. The fourth-order valence-corrected chi connectivity index (χ4v) is 5.30. The Bertz CT molecular complexity index is 1360. The van der Waals surface area contributed by atoms with E-state index in [1.165, 1.54) is 35.2 Å². The van der Waals surface area contributed by atoms with Gasteiger partial charge in [0.15, 0.2) is 0 Å². The molecule has 0 aliphatic rings. The number of carbonyl (C=O) groups is 2. The summed E-state index contributed by atoms with van der Waals surface area (Å²) < 4.78 is 43.1. The highest BCUT2D eigenvalue weighted by molar-refractivity contribution is 7.92. The molecule has 2 amide bonds. The van der Waals surface area contributed by atoms with Gasteiger partial charge in [-0.05, 0) is 57.0 Å². The Morgan fingerprint density at radius 3 is 2.08 bits per heavy atom. The molecule has 0 radical (unpaired) electrons. The van der Waals surface area contributed by atoms with Crippen molar-refractivity contribution in [3.63, 3.8) is 0 Å². The maximum atomic E-state index is 14.9. The molecule has 0 saturated carbocycles. The number of anilines is 1. The number of hydrogen-bond donors (Lipinski definition) is 1. The van der Waals surface area contributed by atoms with Crippen LogP contribution in [0.2, 0.25) is 0 Å². The van der Waals surface area contributed by atoms with Gasteiger partial charge in [0.2, 0.25) is 11.8 Å². The average molecular weight is 540 g/mol. The number of aryl methyl sites for hydroxylation is 2. The lowest BCUT2D eigenvalue weighted by molar-refractivity contribution is -0.139. The zero-order valence-corrected chi connectivity index (χ0v) is 23.0. The Labute approximate surface area is 224 Å². The van der Waals surface area contributed by atoms with Gasteiger partial charge in [-0.2, -0.15) is 0 Å². The number of amides is 2. The first-order valence-corrected chi connectivity index (χ1v) is 13.9. The monoisotopic (exact) mass is 539 g/mol. The number of hydrogen-bond acceptors (Lipinski definition) is 4. The van der Waals surface area contributed by atoms with Crippen LogP contribution in [-0.2, 0) is 26.2 Å². The number of carbonyl (C=O) groups excluding carboxylic acids is 2. The summed E-state index contributed by atoms with van der Waals surface area (Å²) >= 11 is 0. The van der Waals surface area contributed by atoms with E-state index in [4.69, 9.17) is 0 Å². The smallest absolute Gasteiger partial charge is 0.264 e. The molecule has 0 unspecified atom stereocenters. The summed E-state index contributed by atoms with van der Waals surface area (Å²) in [6.07, 6.45) is 0.722. The van der Waals surface area contributed by atoms with Crippen molar-refractivity contribution in [2.75, 3.05) is 17.4 Å². The van der Waals surface area contributed by atoms with E-state index in [1.54, 1.807) is 19.1 Å². The van der Waals surface area contributed by atoms with Crippen LogP contribution in [0.4, 0.5) is 10.1 Å². The molecule has 0 saturated heterocycles. The van der Waals surface area contributed by atoms with Gasteiger partial charge in [0, 0.05) is 13.1 Å². The third kappa shape index (κ3) is 6.98. The van der Waals surface area contributed by atoms with Gasteiger partial charge >= 0.3 is 0 Å². The maximum Gasteiger partial charge on any atom is 0.264 e. The Hall–Kier alpha value is -3.72. The zero-order valence-electron chi connectivity index (χ0n) is 22.1. The molecule has 1 N–H and O–H groups in total. The second-order valence-corrected chi connectivity index (χ2v) is 11.1. The maximum absolute atomic E-state index is 14.9. The molecule has 1 atom stereocenters. The Morgan fingerprint density at radius 2 is 1.50 bits per heavy atom. The van der Waals surface area contributed by atoms with Gasteiger partial charge in [-0.1, -0.05) is 66.6 Å². The highest BCUT2D eigenvalue weighted by Crippen LogP contribution is 2.27. The number of rotatable bonds is 11. The van der Waals surface area contributed by atoms with Crippen molar-refractivity contribution in [3.05, 3.63) is 95.3 Å². The van der Waals surface area contributed by atoms with E-state index in [9.17, 15) is 22.4 Å². The predicted molar refractivity (Wildman–Crippen MR) is 147 cm³/mol. The SMILES string of the molecule is CCCNC(=O)[C@H](C)N(Cc1ccc(C)cc1)C(=O)CN(c1ccccc1F)S(=O)(=O)c1ccc(C)cc1. The second-order valence-electron chi connectivity index (χ2n) is 9.25.